The number of nitrogens with zero attached hydrogens (tertiary/aromatic N) is 2. The van der Waals surface area contributed by atoms with Crippen LogP contribution in [0.1, 0.15) is 45.8 Å². The van der Waals surface area contributed by atoms with Crippen molar-refractivity contribution in [3.8, 4) is 11.5 Å². The van der Waals surface area contributed by atoms with Crippen molar-refractivity contribution < 1.29 is 28.9 Å². The lowest BCUT2D eigenvalue weighted by atomic mass is 9.94. The summed E-state index contributed by atoms with van der Waals surface area (Å²) in [5.74, 6) is -0.188. The van der Waals surface area contributed by atoms with Gasteiger partial charge in [-0.15, -0.1) is 11.3 Å². The Morgan fingerprint density at radius 3 is 2.55 bits per heavy atom. The summed E-state index contributed by atoms with van der Waals surface area (Å²) in [4.78, 5) is 32.7. The summed E-state index contributed by atoms with van der Waals surface area (Å²) in [5.41, 5.74) is 1.22. The fourth-order valence-electron chi connectivity index (χ4n) is 3.75. The number of benzene rings is 1. The molecule has 33 heavy (non-hydrogen) atoms. The third-order valence-corrected chi connectivity index (χ3v) is 6.34. The van der Waals surface area contributed by atoms with E-state index in [0.29, 0.717) is 40.2 Å². The Balaban J connectivity index is 2.08. The number of carbonyl (C=O) groups excluding carboxylic acids is 2. The van der Waals surface area contributed by atoms with Crippen molar-refractivity contribution in [1.82, 2.24) is 9.88 Å². The second kappa shape index (κ2) is 10.4. The molecule has 0 bridgehead atoms. The van der Waals surface area contributed by atoms with Crippen molar-refractivity contribution in [1.29, 1.82) is 0 Å². The Morgan fingerprint density at radius 2 is 1.97 bits per heavy atom. The molecule has 1 aliphatic heterocycles. The van der Waals surface area contributed by atoms with Gasteiger partial charge in [0, 0.05) is 13.7 Å². The molecule has 9 heteroatoms. The number of carbonyl (C=O) groups is 2. The first-order chi connectivity index (χ1) is 15.7. The standard InChI is InChI=1S/C24H30N2O6S/c1-13(2)12-32-17-8-7-16(11-18(17)31-6)20-19(21(27)23-14(3)25-15(4)33-23)22(28)24(29)26(20)9-10-30-5/h7-8,11,13,20,28H,9-10,12H2,1-6H3. The maximum Gasteiger partial charge on any atom is 0.290 e. The molecular formula is C24H30N2O6S. The summed E-state index contributed by atoms with van der Waals surface area (Å²) < 4.78 is 16.5. The first kappa shape index (κ1) is 24.7. The highest BCUT2D eigenvalue weighted by Crippen LogP contribution is 2.42. The summed E-state index contributed by atoms with van der Waals surface area (Å²) in [6, 6.07) is 4.49. The Labute approximate surface area is 197 Å². The largest absolute Gasteiger partial charge is 0.503 e. The summed E-state index contributed by atoms with van der Waals surface area (Å²) in [7, 11) is 3.06. The van der Waals surface area contributed by atoms with Gasteiger partial charge in [-0.05, 0) is 37.5 Å². The molecule has 1 unspecified atom stereocenters. The second-order valence-corrected chi connectivity index (χ2v) is 9.45. The van der Waals surface area contributed by atoms with Gasteiger partial charge in [0.25, 0.3) is 5.91 Å². The molecule has 1 amide bonds. The molecule has 8 nitrogen and oxygen atoms in total. The van der Waals surface area contributed by atoms with Gasteiger partial charge < -0.3 is 24.2 Å². The van der Waals surface area contributed by atoms with E-state index in [1.165, 1.54) is 30.5 Å². The molecule has 1 aromatic carbocycles. The number of hydrogen-bond donors (Lipinski definition) is 1. The zero-order valence-electron chi connectivity index (χ0n) is 19.8. The fourth-order valence-corrected chi connectivity index (χ4v) is 4.62. The number of aryl methyl sites for hydroxylation is 2. The van der Waals surface area contributed by atoms with E-state index >= 15 is 0 Å². The third kappa shape index (κ3) is 5.04. The molecular weight excluding hydrogens is 444 g/mol. The number of Topliss-reactive ketones (excluding diaryl/α,β-unsaturated/α-hetero) is 1. The number of ether oxygens (including phenoxy) is 3. The van der Waals surface area contributed by atoms with Crippen LogP contribution in [0.5, 0.6) is 11.5 Å². The van der Waals surface area contributed by atoms with Gasteiger partial charge in [0.05, 0.1) is 47.5 Å². The van der Waals surface area contributed by atoms with Gasteiger partial charge in [-0.2, -0.15) is 0 Å². The fraction of sp³-hybridized carbons (Fsp3) is 0.458. The number of rotatable bonds is 10. The summed E-state index contributed by atoms with van der Waals surface area (Å²) in [5, 5.41) is 11.5. The Kier molecular flexibility index (Phi) is 7.76. The molecule has 0 saturated heterocycles. The van der Waals surface area contributed by atoms with E-state index in [-0.39, 0.29) is 18.7 Å². The first-order valence-electron chi connectivity index (χ1n) is 10.7. The summed E-state index contributed by atoms with van der Waals surface area (Å²) in [6.45, 7) is 8.63. The zero-order valence-corrected chi connectivity index (χ0v) is 20.6. The van der Waals surface area contributed by atoms with Gasteiger partial charge >= 0.3 is 0 Å². The van der Waals surface area contributed by atoms with E-state index in [2.05, 4.69) is 4.98 Å². The predicted molar refractivity (Wildman–Crippen MR) is 125 cm³/mol. The van der Waals surface area contributed by atoms with Gasteiger partial charge in [-0.1, -0.05) is 19.9 Å². The maximum atomic E-state index is 13.5. The van der Waals surface area contributed by atoms with Crippen LogP contribution in [0.15, 0.2) is 29.5 Å². The van der Waals surface area contributed by atoms with Crippen LogP contribution in [0.4, 0.5) is 0 Å². The van der Waals surface area contributed by atoms with E-state index in [9.17, 15) is 14.7 Å². The molecule has 0 fully saturated rings. The molecule has 1 aromatic heterocycles. The van der Waals surface area contributed by atoms with Crippen LogP contribution in [0.25, 0.3) is 0 Å². The van der Waals surface area contributed by atoms with Crippen molar-refractivity contribution in [3.63, 3.8) is 0 Å². The molecule has 0 radical (unpaired) electrons. The summed E-state index contributed by atoms with van der Waals surface area (Å²) in [6.07, 6.45) is 0. The average Bonchev–Trinajstić information content (AvgIpc) is 3.25. The van der Waals surface area contributed by atoms with Crippen LogP contribution in [-0.2, 0) is 9.53 Å². The number of aliphatic hydroxyl groups excluding tert-OH is 1. The predicted octanol–water partition coefficient (Wildman–Crippen LogP) is 4.03. The average molecular weight is 475 g/mol. The highest BCUT2D eigenvalue weighted by atomic mass is 32.1. The quantitative estimate of drug-likeness (QED) is 0.519. The molecule has 0 saturated carbocycles. The minimum Gasteiger partial charge on any atom is -0.503 e. The minimum absolute atomic E-state index is 0.0285. The number of hydrogen-bond acceptors (Lipinski definition) is 8. The van der Waals surface area contributed by atoms with Crippen LogP contribution < -0.4 is 9.47 Å². The number of ketones is 1. The third-order valence-electron chi connectivity index (χ3n) is 5.27. The van der Waals surface area contributed by atoms with E-state index in [0.717, 1.165) is 5.01 Å². The van der Waals surface area contributed by atoms with E-state index in [4.69, 9.17) is 14.2 Å². The Hall–Kier alpha value is -2.91. The van der Waals surface area contributed by atoms with Gasteiger partial charge in [-0.25, -0.2) is 4.98 Å². The first-order valence-corrected chi connectivity index (χ1v) is 11.5. The second-order valence-electron chi connectivity index (χ2n) is 8.25. The Morgan fingerprint density at radius 1 is 1.24 bits per heavy atom. The van der Waals surface area contributed by atoms with Gasteiger partial charge in [0.15, 0.2) is 17.3 Å². The number of thiazole rings is 1. The molecule has 1 atom stereocenters. The minimum atomic E-state index is -0.796. The molecule has 0 aliphatic carbocycles. The van der Waals surface area contributed by atoms with E-state index < -0.39 is 23.5 Å². The van der Waals surface area contributed by atoms with Crippen molar-refractivity contribution in [2.45, 2.75) is 33.7 Å². The van der Waals surface area contributed by atoms with Crippen LogP contribution in [-0.4, -0.2) is 60.7 Å². The molecule has 1 aliphatic rings. The van der Waals surface area contributed by atoms with Crippen LogP contribution >= 0.6 is 11.3 Å². The Bertz CT molecular complexity index is 1070. The van der Waals surface area contributed by atoms with Crippen molar-refractivity contribution in [2.75, 3.05) is 34.0 Å². The number of methoxy groups -OCH3 is 2. The van der Waals surface area contributed by atoms with Crippen molar-refractivity contribution >= 4 is 23.0 Å². The normalized spacial score (nSPS) is 16.2. The molecule has 2 aromatic rings. The highest BCUT2D eigenvalue weighted by Gasteiger charge is 2.44. The number of amides is 1. The topological polar surface area (TPSA) is 98.2 Å². The zero-order chi connectivity index (χ0) is 24.3. The van der Waals surface area contributed by atoms with E-state index in [1.54, 1.807) is 25.1 Å². The van der Waals surface area contributed by atoms with Crippen LogP contribution in [0.3, 0.4) is 0 Å². The molecule has 3 rings (SSSR count). The van der Waals surface area contributed by atoms with Crippen LogP contribution in [0, 0.1) is 19.8 Å². The molecule has 2 heterocycles. The van der Waals surface area contributed by atoms with Gasteiger partial charge in [0.2, 0.25) is 5.78 Å². The molecule has 178 valence electrons. The smallest absolute Gasteiger partial charge is 0.290 e. The lowest BCUT2D eigenvalue weighted by Gasteiger charge is -2.27. The lowest BCUT2D eigenvalue weighted by Crippen LogP contribution is -2.34. The SMILES string of the molecule is COCCN1C(=O)C(O)=C(C(=O)c2sc(C)nc2C)C1c1ccc(OCC(C)C)c(OC)c1. The number of aromatic nitrogens is 1. The van der Waals surface area contributed by atoms with Gasteiger partial charge in [0.1, 0.15) is 0 Å². The monoisotopic (exact) mass is 474 g/mol. The van der Waals surface area contributed by atoms with Crippen LogP contribution in [0.2, 0.25) is 0 Å². The molecule has 1 N–H and O–H groups in total. The van der Waals surface area contributed by atoms with Gasteiger partial charge in [-0.3, -0.25) is 9.59 Å². The van der Waals surface area contributed by atoms with Crippen molar-refractivity contribution in [2.24, 2.45) is 5.92 Å². The van der Waals surface area contributed by atoms with Crippen molar-refractivity contribution in [3.05, 3.63) is 50.7 Å². The number of aliphatic hydroxyl groups is 1. The van der Waals surface area contributed by atoms with E-state index in [1.807, 2.05) is 20.8 Å². The lowest BCUT2D eigenvalue weighted by molar-refractivity contribution is -0.130. The summed E-state index contributed by atoms with van der Waals surface area (Å²) >= 11 is 1.24. The molecule has 0 spiro atoms. The maximum absolute atomic E-state index is 13.5. The highest BCUT2D eigenvalue weighted by molar-refractivity contribution is 7.14.